The summed E-state index contributed by atoms with van der Waals surface area (Å²) in [7, 11) is 0. The van der Waals surface area contributed by atoms with E-state index in [1.807, 2.05) is 6.07 Å². The van der Waals surface area contributed by atoms with E-state index in [4.69, 9.17) is 21.6 Å². The molecule has 0 saturated carbocycles. The zero-order valence-corrected chi connectivity index (χ0v) is 14.7. The molecule has 0 radical (unpaired) electrons. The van der Waals surface area contributed by atoms with Gasteiger partial charge in [0.05, 0.1) is 17.7 Å². The maximum Gasteiger partial charge on any atom is 0.234 e. The van der Waals surface area contributed by atoms with E-state index in [0.717, 1.165) is 4.47 Å². The first-order valence-corrected chi connectivity index (χ1v) is 8.18. The molecule has 0 bridgehead atoms. The van der Waals surface area contributed by atoms with Gasteiger partial charge in [0.1, 0.15) is 12.2 Å². The minimum Gasteiger partial charge on any atom is -0.492 e. The summed E-state index contributed by atoms with van der Waals surface area (Å²) in [5, 5.41) is 14.0. The second kappa shape index (κ2) is 10.9. The monoisotopic (exact) mass is 401 g/mol. The van der Waals surface area contributed by atoms with Crippen molar-refractivity contribution in [3.63, 3.8) is 0 Å². The van der Waals surface area contributed by atoms with E-state index >= 15 is 0 Å². The molecule has 2 N–H and O–H groups in total. The van der Waals surface area contributed by atoms with Crippen LogP contribution in [0.25, 0.3) is 0 Å². The van der Waals surface area contributed by atoms with Crippen molar-refractivity contribution in [2.24, 2.45) is 0 Å². The van der Waals surface area contributed by atoms with E-state index in [2.05, 4.69) is 26.6 Å². The van der Waals surface area contributed by atoms with Crippen LogP contribution in [0, 0.1) is 11.3 Å². The molecule has 0 fully saturated rings. The molecule has 0 aromatic heterocycles. The fourth-order valence-electron chi connectivity index (χ4n) is 1.63. The summed E-state index contributed by atoms with van der Waals surface area (Å²) < 4.78 is 6.38. The van der Waals surface area contributed by atoms with Crippen LogP contribution in [0.4, 0.5) is 0 Å². The number of carbonyl (C=O) groups excluding carboxylic acids is 2. The van der Waals surface area contributed by atoms with Gasteiger partial charge in [0.2, 0.25) is 11.8 Å². The maximum atomic E-state index is 11.6. The third-order valence-electron chi connectivity index (χ3n) is 2.71. The second-order valence-corrected chi connectivity index (χ2v) is 5.88. The molecule has 0 aliphatic carbocycles. The molecule has 1 aromatic rings. The third kappa shape index (κ3) is 8.43. The highest BCUT2D eigenvalue weighted by Gasteiger charge is 2.04. The highest BCUT2D eigenvalue weighted by molar-refractivity contribution is 9.10. The van der Waals surface area contributed by atoms with Crippen molar-refractivity contribution in [3.8, 4) is 11.8 Å². The molecule has 1 aromatic carbocycles. The van der Waals surface area contributed by atoms with Gasteiger partial charge in [-0.1, -0.05) is 27.5 Å². The normalized spacial score (nSPS) is 9.78. The zero-order chi connectivity index (χ0) is 17.1. The molecule has 0 heterocycles. The van der Waals surface area contributed by atoms with Crippen LogP contribution in [0.5, 0.6) is 5.75 Å². The van der Waals surface area contributed by atoms with Gasteiger partial charge in [0.15, 0.2) is 0 Å². The molecular formula is C15H17BrClN3O3. The Kier molecular flexibility index (Phi) is 9.10. The summed E-state index contributed by atoms with van der Waals surface area (Å²) in [6.45, 7) is 1.01. The van der Waals surface area contributed by atoms with Crippen LogP contribution in [-0.4, -0.2) is 31.5 Å². The average molecular weight is 403 g/mol. The Morgan fingerprint density at radius 1 is 1.26 bits per heavy atom. The fraction of sp³-hybridized carbons (Fsp3) is 0.400. The first-order chi connectivity index (χ1) is 11.0. The average Bonchev–Trinajstić information content (AvgIpc) is 2.50. The van der Waals surface area contributed by atoms with Crippen LogP contribution in [0.15, 0.2) is 22.7 Å². The lowest BCUT2D eigenvalue weighted by molar-refractivity contribution is -0.122. The van der Waals surface area contributed by atoms with E-state index in [1.54, 1.807) is 18.2 Å². The van der Waals surface area contributed by atoms with Gasteiger partial charge in [0.25, 0.3) is 0 Å². The van der Waals surface area contributed by atoms with Crippen LogP contribution in [0.3, 0.4) is 0 Å². The number of nitrogens with one attached hydrogen (secondary N) is 2. The first kappa shape index (κ1) is 19.3. The largest absolute Gasteiger partial charge is 0.492 e. The molecule has 1 rings (SSSR count). The summed E-state index contributed by atoms with van der Waals surface area (Å²) in [5.74, 6) is 0.113. The van der Waals surface area contributed by atoms with Crippen molar-refractivity contribution < 1.29 is 14.3 Å². The van der Waals surface area contributed by atoms with Gasteiger partial charge < -0.3 is 15.4 Å². The Bertz CT molecular complexity index is 590. The minimum atomic E-state index is -0.346. The number of amides is 2. The zero-order valence-electron chi connectivity index (χ0n) is 12.4. The number of hydrogen-bond donors (Lipinski definition) is 2. The Morgan fingerprint density at radius 2 is 1.96 bits per heavy atom. The van der Waals surface area contributed by atoms with E-state index in [9.17, 15) is 9.59 Å². The summed E-state index contributed by atoms with van der Waals surface area (Å²) in [6, 6.07) is 7.08. The van der Waals surface area contributed by atoms with Gasteiger partial charge in [-0.2, -0.15) is 5.26 Å². The van der Waals surface area contributed by atoms with E-state index in [1.165, 1.54) is 0 Å². The van der Waals surface area contributed by atoms with Crippen molar-refractivity contribution in [3.05, 3.63) is 27.7 Å². The lowest BCUT2D eigenvalue weighted by Crippen LogP contribution is -2.34. The number of carbonyl (C=O) groups is 2. The maximum absolute atomic E-state index is 11.6. The van der Waals surface area contributed by atoms with E-state index in [0.29, 0.717) is 43.3 Å². The van der Waals surface area contributed by atoms with Crippen molar-refractivity contribution >= 4 is 39.3 Å². The van der Waals surface area contributed by atoms with Crippen molar-refractivity contribution in [1.29, 1.82) is 5.26 Å². The summed E-state index contributed by atoms with van der Waals surface area (Å²) in [5.41, 5.74) is 0. The highest BCUT2D eigenvalue weighted by atomic mass is 79.9. The SMILES string of the molecule is N#CCC(=O)NCCNC(=O)CCCOc1ccc(Br)cc1Cl. The Morgan fingerprint density at radius 3 is 2.61 bits per heavy atom. The molecule has 8 heteroatoms. The van der Waals surface area contributed by atoms with Crippen molar-refractivity contribution in [1.82, 2.24) is 10.6 Å². The molecular weight excluding hydrogens is 386 g/mol. The van der Waals surface area contributed by atoms with E-state index < -0.39 is 0 Å². The lowest BCUT2D eigenvalue weighted by Gasteiger charge is -2.09. The Hall–Kier alpha value is -1.78. The molecule has 2 amide bonds. The van der Waals surface area contributed by atoms with Gasteiger partial charge in [-0.3, -0.25) is 9.59 Å². The quantitative estimate of drug-likeness (QED) is 0.621. The Balaban J connectivity index is 2.10. The number of rotatable bonds is 9. The summed E-state index contributed by atoms with van der Waals surface area (Å²) in [6.07, 6.45) is 0.698. The number of nitriles is 1. The molecule has 0 unspecified atom stereocenters. The number of hydrogen-bond acceptors (Lipinski definition) is 4. The van der Waals surface area contributed by atoms with Crippen LogP contribution < -0.4 is 15.4 Å². The number of ether oxygens (including phenoxy) is 1. The fourth-order valence-corrected chi connectivity index (χ4v) is 2.36. The van der Waals surface area contributed by atoms with Crippen LogP contribution in [0.1, 0.15) is 19.3 Å². The van der Waals surface area contributed by atoms with Crippen LogP contribution in [-0.2, 0) is 9.59 Å². The van der Waals surface area contributed by atoms with E-state index in [-0.39, 0.29) is 18.2 Å². The van der Waals surface area contributed by atoms with Gasteiger partial charge in [-0.05, 0) is 24.6 Å². The van der Waals surface area contributed by atoms with Gasteiger partial charge in [-0.15, -0.1) is 0 Å². The molecule has 0 spiro atoms. The third-order valence-corrected chi connectivity index (χ3v) is 3.50. The molecule has 0 saturated heterocycles. The molecule has 6 nitrogen and oxygen atoms in total. The highest BCUT2D eigenvalue weighted by Crippen LogP contribution is 2.27. The van der Waals surface area contributed by atoms with Crippen molar-refractivity contribution in [2.75, 3.05) is 19.7 Å². The standard InChI is InChI=1S/C15H17BrClN3O3/c16-11-3-4-13(12(17)10-11)23-9-1-2-14(21)19-7-8-20-15(22)5-6-18/h3-4,10H,1-2,5,7-9H2,(H,19,21)(H,20,22). The molecule has 0 aliphatic heterocycles. The molecule has 124 valence electrons. The summed E-state index contributed by atoms with van der Waals surface area (Å²) >= 11 is 9.32. The lowest BCUT2D eigenvalue weighted by atomic mass is 10.3. The predicted molar refractivity (Wildman–Crippen MR) is 90.1 cm³/mol. The topological polar surface area (TPSA) is 91.2 Å². The number of benzene rings is 1. The second-order valence-electron chi connectivity index (χ2n) is 4.56. The molecule has 23 heavy (non-hydrogen) atoms. The Labute approximate surface area is 148 Å². The van der Waals surface area contributed by atoms with Crippen LogP contribution >= 0.6 is 27.5 Å². The summed E-state index contributed by atoms with van der Waals surface area (Å²) in [4.78, 5) is 22.6. The van der Waals surface area contributed by atoms with Crippen LogP contribution in [0.2, 0.25) is 5.02 Å². The first-order valence-electron chi connectivity index (χ1n) is 7.01. The number of halogens is 2. The van der Waals surface area contributed by atoms with Gasteiger partial charge in [-0.25, -0.2) is 0 Å². The molecule has 0 atom stereocenters. The minimum absolute atomic E-state index is 0.120. The van der Waals surface area contributed by atoms with Gasteiger partial charge >= 0.3 is 0 Å². The predicted octanol–water partition coefficient (Wildman–Crippen LogP) is 2.41. The number of nitrogens with zero attached hydrogens (tertiary/aromatic N) is 1. The molecule has 0 aliphatic rings. The van der Waals surface area contributed by atoms with Gasteiger partial charge in [0, 0.05) is 24.0 Å². The smallest absolute Gasteiger partial charge is 0.234 e. The van der Waals surface area contributed by atoms with Crippen molar-refractivity contribution in [2.45, 2.75) is 19.3 Å².